The summed E-state index contributed by atoms with van der Waals surface area (Å²) in [4.78, 5) is 0. The molecule has 0 aliphatic carbocycles. The van der Waals surface area contributed by atoms with E-state index < -0.39 is 0 Å². The molecular formula is C25H26Cl2HfSi-3. The first-order chi connectivity index (χ1) is 12.9. The van der Waals surface area contributed by atoms with E-state index in [-0.39, 0.29) is 50.7 Å². The minimum atomic E-state index is 0. The van der Waals surface area contributed by atoms with Gasteiger partial charge in [0.25, 0.3) is 0 Å². The molecule has 0 N–H and O–H groups in total. The minimum absolute atomic E-state index is 0. The summed E-state index contributed by atoms with van der Waals surface area (Å²) in [5, 5.41) is 5.32. The largest absolute Gasteiger partial charge is 0.184 e. The molecular weight excluding hydrogens is 578 g/mol. The van der Waals surface area contributed by atoms with Crippen molar-refractivity contribution >= 4 is 56.6 Å². The van der Waals surface area contributed by atoms with Crippen LogP contribution >= 0.6 is 24.8 Å². The van der Waals surface area contributed by atoms with Gasteiger partial charge in [0.1, 0.15) is 0 Å². The fourth-order valence-electron chi connectivity index (χ4n) is 2.48. The zero-order valence-corrected chi connectivity index (χ0v) is 23.1. The van der Waals surface area contributed by atoms with Gasteiger partial charge < -0.3 is 0 Å². The van der Waals surface area contributed by atoms with Gasteiger partial charge in [-0.05, 0) is 0 Å². The van der Waals surface area contributed by atoms with E-state index in [2.05, 4.69) is 91.0 Å². The van der Waals surface area contributed by atoms with Crippen molar-refractivity contribution in [3.8, 4) is 0 Å². The van der Waals surface area contributed by atoms with Gasteiger partial charge >= 0.3 is 0 Å². The van der Waals surface area contributed by atoms with Gasteiger partial charge in [-0.3, -0.25) is 0 Å². The van der Waals surface area contributed by atoms with Gasteiger partial charge in [0.15, 0.2) is 0 Å². The first-order valence-electron chi connectivity index (χ1n) is 8.76. The van der Waals surface area contributed by atoms with E-state index in [1.807, 2.05) is 47.1 Å². The van der Waals surface area contributed by atoms with Crippen LogP contribution in [0, 0.1) is 6.07 Å². The molecule has 0 saturated heterocycles. The standard InChI is InChI=1S/2C9H7.C6H5.CH5Si.2ClH.Hf/c2*1-2-5-9-7-3-6-8(9)4-1;1-2-4-6-5-3-1;1-2;;;/h2*1-7H;1-5H;2H2,1H3;2*1H;/q3*-1;;;;. The van der Waals surface area contributed by atoms with Crippen molar-refractivity contribution < 1.29 is 25.8 Å². The molecule has 0 aromatic heterocycles. The molecule has 0 aliphatic rings. The minimum Gasteiger partial charge on any atom is -0.184 e. The first-order valence-corrected chi connectivity index (χ1v) is 10.2. The third-order valence-corrected chi connectivity index (χ3v) is 3.70. The van der Waals surface area contributed by atoms with Crippen LogP contribution < -0.4 is 0 Å². The van der Waals surface area contributed by atoms with Gasteiger partial charge in [-0.1, -0.05) is 18.7 Å². The number of fused-ring (bicyclic) bond motifs is 2. The van der Waals surface area contributed by atoms with Crippen molar-refractivity contribution in [2.24, 2.45) is 0 Å². The van der Waals surface area contributed by atoms with Crippen molar-refractivity contribution in [2.45, 2.75) is 6.55 Å². The molecule has 1 radical (unpaired) electrons. The maximum absolute atomic E-state index is 2.89. The molecule has 4 heteroatoms. The molecule has 151 valence electrons. The summed E-state index contributed by atoms with van der Waals surface area (Å²) in [6.07, 6.45) is 0. The summed E-state index contributed by atoms with van der Waals surface area (Å²) in [5.74, 6) is 0. The number of hydrogen-bond acceptors (Lipinski definition) is 0. The average molecular weight is 604 g/mol. The normalized spacial score (nSPS) is 8.21. The van der Waals surface area contributed by atoms with Crippen LogP contribution in [-0.4, -0.2) is 10.2 Å². The topological polar surface area (TPSA) is 0 Å². The number of rotatable bonds is 0. The van der Waals surface area contributed by atoms with Crippen LogP contribution in [0.1, 0.15) is 0 Å². The second-order valence-corrected chi connectivity index (χ2v) is 5.39. The average Bonchev–Trinajstić information content (AvgIpc) is 3.41. The zero-order chi connectivity index (χ0) is 18.5. The third-order valence-electron chi connectivity index (χ3n) is 3.70. The molecule has 0 heterocycles. The molecule has 0 unspecified atom stereocenters. The Morgan fingerprint density at radius 1 is 0.586 bits per heavy atom. The SMILES string of the molecule is C[SiH2].Cl.Cl.[Hf].[c-]1ccccc1.c1ccc2[cH-]ccc2c1.c1ccc2[cH-]ccc2c1. The van der Waals surface area contributed by atoms with Crippen molar-refractivity contribution in [1.29, 1.82) is 0 Å². The second kappa shape index (κ2) is 18.6. The van der Waals surface area contributed by atoms with Gasteiger partial charge in [-0.25, -0.2) is 0 Å². The molecule has 0 aliphatic heterocycles. The number of hydrogen-bond donors (Lipinski definition) is 0. The summed E-state index contributed by atoms with van der Waals surface area (Å²) < 4.78 is 0. The Hall–Kier alpha value is -1.45. The molecule has 0 atom stereocenters. The Bertz CT molecular complexity index is 824. The molecule has 0 saturated carbocycles. The van der Waals surface area contributed by atoms with E-state index >= 15 is 0 Å². The zero-order valence-electron chi connectivity index (χ0n) is 16.5. The summed E-state index contributed by atoms with van der Waals surface area (Å²) in [6.45, 7) is 2.03. The fourth-order valence-corrected chi connectivity index (χ4v) is 2.48. The Labute approximate surface area is 209 Å². The van der Waals surface area contributed by atoms with Crippen molar-refractivity contribution in [3.05, 3.63) is 121 Å². The molecule has 0 spiro atoms. The quantitative estimate of drug-likeness (QED) is 0.131. The maximum Gasteiger partial charge on any atom is 0.00452 e. The maximum atomic E-state index is 2.89. The van der Waals surface area contributed by atoms with Gasteiger partial charge in [0.2, 0.25) is 0 Å². The predicted octanol–water partition coefficient (Wildman–Crippen LogP) is 7.11. The molecule has 0 nitrogen and oxygen atoms in total. The molecule has 29 heavy (non-hydrogen) atoms. The molecule has 5 aromatic rings. The van der Waals surface area contributed by atoms with Crippen molar-refractivity contribution in [1.82, 2.24) is 0 Å². The van der Waals surface area contributed by atoms with Gasteiger partial charge in [-0.2, -0.15) is 71.4 Å². The van der Waals surface area contributed by atoms with E-state index in [9.17, 15) is 0 Å². The van der Waals surface area contributed by atoms with E-state index in [4.69, 9.17) is 0 Å². The molecule has 0 fully saturated rings. The molecule has 5 aromatic carbocycles. The van der Waals surface area contributed by atoms with Crippen LogP contribution in [0.25, 0.3) is 21.5 Å². The van der Waals surface area contributed by atoms with Crippen LogP contribution in [-0.2, 0) is 25.8 Å². The Kier molecular flexibility index (Phi) is 19.0. The van der Waals surface area contributed by atoms with E-state index in [1.165, 1.54) is 21.5 Å². The number of halogens is 2. The monoisotopic (exact) mass is 604 g/mol. The molecule has 0 amide bonds. The van der Waals surface area contributed by atoms with Crippen LogP contribution in [0.2, 0.25) is 6.55 Å². The third kappa shape index (κ3) is 10.8. The van der Waals surface area contributed by atoms with Gasteiger partial charge in [0.05, 0.1) is 0 Å². The van der Waals surface area contributed by atoms with E-state index in [0.717, 1.165) is 0 Å². The molecule has 0 bridgehead atoms. The van der Waals surface area contributed by atoms with Gasteiger partial charge in [-0.15, -0.1) is 84.1 Å². The Morgan fingerprint density at radius 2 is 1.00 bits per heavy atom. The fraction of sp³-hybridized carbons (Fsp3) is 0.0400. The summed E-state index contributed by atoms with van der Waals surface area (Å²) in [5.41, 5.74) is 0. The van der Waals surface area contributed by atoms with Crippen LogP contribution in [0.3, 0.4) is 0 Å². The summed E-state index contributed by atoms with van der Waals surface area (Å²) >= 11 is 0. The second-order valence-electron chi connectivity index (χ2n) is 5.39. The van der Waals surface area contributed by atoms with Crippen molar-refractivity contribution in [2.75, 3.05) is 0 Å². The Morgan fingerprint density at radius 3 is 1.31 bits per heavy atom. The van der Waals surface area contributed by atoms with Crippen LogP contribution in [0.4, 0.5) is 0 Å². The predicted molar refractivity (Wildman–Crippen MR) is 133 cm³/mol. The van der Waals surface area contributed by atoms with Crippen LogP contribution in [0.5, 0.6) is 0 Å². The summed E-state index contributed by atoms with van der Waals surface area (Å²) in [6, 6.07) is 41.8. The Balaban J connectivity index is 0. The first kappa shape index (κ1) is 29.7. The summed E-state index contributed by atoms with van der Waals surface area (Å²) in [7, 11) is 1.86. The van der Waals surface area contributed by atoms with Crippen LogP contribution in [0.15, 0.2) is 115 Å². The molecule has 5 rings (SSSR count). The number of benzene rings is 3. The van der Waals surface area contributed by atoms with Gasteiger partial charge in [0, 0.05) is 36.1 Å². The van der Waals surface area contributed by atoms with E-state index in [1.54, 1.807) is 0 Å². The van der Waals surface area contributed by atoms with E-state index in [0.29, 0.717) is 0 Å². The smallest absolute Gasteiger partial charge is 0.00452 e. The van der Waals surface area contributed by atoms with Crippen molar-refractivity contribution in [3.63, 3.8) is 0 Å².